The number of ketones is 1. The van der Waals surface area contributed by atoms with Crippen LogP contribution < -0.4 is 30.6 Å². The van der Waals surface area contributed by atoms with Crippen molar-refractivity contribution in [2.75, 3.05) is 39.6 Å². The van der Waals surface area contributed by atoms with E-state index in [-0.39, 0.29) is 16.7 Å². The van der Waals surface area contributed by atoms with Crippen LogP contribution in [0, 0.1) is 0 Å². The number of carbonyl (C=O) groups excluding carboxylic acids is 1. The molecule has 0 heterocycles. The Hall–Kier alpha value is -3.64. The third kappa shape index (κ3) is 7.77. The van der Waals surface area contributed by atoms with E-state index in [2.05, 4.69) is 99.2 Å². The van der Waals surface area contributed by atoms with Gasteiger partial charge in [0.1, 0.15) is 17.2 Å². The average molecular weight is 571 g/mol. The van der Waals surface area contributed by atoms with E-state index in [1.807, 2.05) is 30.3 Å². The Kier molecular flexibility index (Phi) is 12.0. The van der Waals surface area contributed by atoms with Gasteiger partial charge in [0.15, 0.2) is 5.75 Å². The minimum absolute atomic E-state index is 0.204. The van der Waals surface area contributed by atoms with E-state index in [4.69, 9.17) is 14.2 Å². The van der Waals surface area contributed by atoms with Crippen molar-refractivity contribution in [2.24, 2.45) is 0 Å². The molecular formula is C35H43BO4S. The molecule has 0 bridgehead atoms. The number of methoxy groups -OCH3 is 3. The molecule has 216 valence electrons. The van der Waals surface area contributed by atoms with Crippen LogP contribution in [0.1, 0.15) is 30.6 Å². The van der Waals surface area contributed by atoms with Gasteiger partial charge in [0, 0.05) is 5.56 Å². The molecule has 0 aliphatic heterocycles. The molecule has 0 aliphatic rings. The molecule has 4 rings (SSSR count). The van der Waals surface area contributed by atoms with E-state index >= 15 is 0 Å². The molecule has 4 aromatic rings. The second kappa shape index (κ2) is 15.4. The van der Waals surface area contributed by atoms with Gasteiger partial charge < -0.3 is 14.2 Å². The fourth-order valence-corrected chi connectivity index (χ4v) is 6.30. The van der Waals surface area contributed by atoms with Crippen molar-refractivity contribution < 1.29 is 19.0 Å². The molecule has 0 saturated carbocycles. The fraction of sp³-hybridized carbons (Fsp3) is 0.286. The monoisotopic (exact) mass is 570 g/mol. The third-order valence-corrected chi connectivity index (χ3v) is 8.78. The van der Waals surface area contributed by atoms with Gasteiger partial charge in [-0.2, -0.15) is 22.2 Å². The second-order valence-corrected chi connectivity index (χ2v) is 12.8. The van der Waals surface area contributed by atoms with E-state index in [1.54, 1.807) is 21.3 Å². The second-order valence-electron chi connectivity index (χ2n) is 10.6. The Labute approximate surface area is 249 Å². The number of carbonyl (C=O) groups is 1. The maximum absolute atomic E-state index is 11.5. The summed E-state index contributed by atoms with van der Waals surface area (Å²) < 4.78 is 16.2. The molecule has 1 atom stereocenters. The predicted octanol–water partition coefficient (Wildman–Crippen LogP) is 5.73. The molecule has 0 saturated heterocycles. The van der Waals surface area contributed by atoms with Crippen LogP contribution in [0.3, 0.4) is 0 Å². The highest BCUT2D eigenvalue weighted by Crippen LogP contribution is 2.27. The van der Waals surface area contributed by atoms with E-state index in [0.29, 0.717) is 11.6 Å². The number of Topliss-reactive ketones (excluding diaryl/α,β-unsaturated/α-hetero) is 1. The first-order chi connectivity index (χ1) is 19.8. The maximum Gasteiger partial charge on any atom is 0.211 e. The molecule has 6 heteroatoms. The van der Waals surface area contributed by atoms with Crippen LogP contribution in [0.2, 0.25) is 5.82 Å². The van der Waals surface area contributed by atoms with Gasteiger partial charge >= 0.3 is 0 Å². The lowest BCUT2D eigenvalue weighted by atomic mass is 9.10. The van der Waals surface area contributed by atoms with Crippen LogP contribution in [-0.2, 0) is 10.9 Å². The van der Waals surface area contributed by atoms with E-state index in [9.17, 15) is 4.79 Å². The first kappa shape index (κ1) is 31.9. The van der Waals surface area contributed by atoms with Crippen molar-refractivity contribution in [2.45, 2.75) is 26.1 Å². The van der Waals surface area contributed by atoms with Crippen LogP contribution >= 0.6 is 0 Å². The van der Waals surface area contributed by atoms with E-state index in [1.165, 1.54) is 16.4 Å². The Bertz CT molecular complexity index is 1220. The summed E-state index contributed by atoms with van der Waals surface area (Å²) in [7, 11) is 5.31. The summed E-state index contributed by atoms with van der Waals surface area (Å²) in [5.41, 5.74) is 4.74. The Morgan fingerprint density at radius 2 is 1.02 bits per heavy atom. The minimum atomic E-state index is -1.20. The molecule has 0 amide bonds. The van der Waals surface area contributed by atoms with Gasteiger partial charge in [-0.1, -0.05) is 87.0 Å². The summed E-state index contributed by atoms with van der Waals surface area (Å²) in [6.45, 7) is 4.61. The largest absolute Gasteiger partial charge is 0.497 e. The molecule has 0 aliphatic carbocycles. The maximum atomic E-state index is 11.5. The smallest absolute Gasteiger partial charge is 0.211 e. The lowest BCUT2D eigenvalue weighted by Gasteiger charge is -2.48. The van der Waals surface area contributed by atoms with Crippen LogP contribution in [0.4, 0.5) is 0 Å². The fourth-order valence-electron chi connectivity index (χ4n) is 5.61. The lowest BCUT2D eigenvalue weighted by Crippen LogP contribution is -2.69. The topological polar surface area (TPSA) is 44.8 Å². The highest BCUT2D eigenvalue weighted by molar-refractivity contribution is 7.96. The summed E-state index contributed by atoms with van der Waals surface area (Å²) in [6, 6.07) is 35.1. The molecule has 41 heavy (non-hydrogen) atoms. The molecule has 1 unspecified atom stereocenters. The van der Waals surface area contributed by atoms with Crippen molar-refractivity contribution in [1.29, 1.82) is 0 Å². The van der Waals surface area contributed by atoms with E-state index in [0.717, 1.165) is 29.2 Å². The van der Waals surface area contributed by atoms with Gasteiger partial charge in [0.2, 0.25) is 5.78 Å². The first-order valence-corrected chi connectivity index (χ1v) is 16.2. The summed E-state index contributed by atoms with van der Waals surface area (Å²) in [5, 5.41) is 0. The Balaban J connectivity index is 0.000000322. The standard InChI is InChI=1S/C25H30BO3.C10H13OS/c1-6-19(2)26(20-7-13-23(27-3)14-8-20,21-9-15-24(28-4)16-10-21)22-11-17-25(29-5)18-12-22;1-12(2)8-10(11)9-6-4-3-5-7-9/h7-19H,6H2,1-5H3;3-7H,8H2,1-2H3/q-1;+1. The molecule has 0 aromatic heterocycles. The molecule has 0 spiro atoms. The van der Waals surface area contributed by atoms with E-state index < -0.39 is 6.15 Å². The van der Waals surface area contributed by atoms with Crippen LogP contribution in [0.15, 0.2) is 103 Å². The van der Waals surface area contributed by atoms with Gasteiger partial charge in [0.25, 0.3) is 0 Å². The van der Waals surface area contributed by atoms with Gasteiger partial charge in [0.05, 0.1) is 40.0 Å². The predicted molar refractivity (Wildman–Crippen MR) is 178 cm³/mol. The summed E-state index contributed by atoms with van der Waals surface area (Å²) >= 11 is 0. The molecule has 0 N–H and O–H groups in total. The number of hydrogen-bond donors (Lipinski definition) is 0. The van der Waals surface area contributed by atoms with Crippen molar-refractivity contribution in [3.63, 3.8) is 0 Å². The molecule has 0 fully saturated rings. The van der Waals surface area contributed by atoms with Gasteiger partial charge in [-0.15, -0.1) is 0 Å². The summed E-state index contributed by atoms with van der Waals surface area (Å²) in [6.07, 6.45) is 4.02. The normalized spacial score (nSPS) is 11.7. The average Bonchev–Trinajstić information content (AvgIpc) is 3.02. The molecular weight excluding hydrogens is 527 g/mol. The zero-order chi connectivity index (χ0) is 29.8. The lowest BCUT2D eigenvalue weighted by molar-refractivity contribution is 0.102. The number of rotatable bonds is 11. The molecule has 4 nitrogen and oxygen atoms in total. The number of hydrogen-bond acceptors (Lipinski definition) is 4. The first-order valence-electron chi connectivity index (χ1n) is 14.0. The summed E-state index contributed by atoms with van der Waals surface area (Å²) in [4.78, 5) is 11.5. The van der Waals surface area contributed by atoms with Crippen LogP contribution in [-0.4, -0.2) is 51.5 Å². The van der Waals surface area contributed by atoms with Crippen LogP contribution in [0.25, 0.3) is 0 Å². The van der Waals surface area contributed by atoms with Gasteiger partial charge in [-0.05, 0) is 47.3 Å². The van der Waals surface area contributed by atoms with Crippen molar-refractivity contribution >= 4 is 39.2 Å². The van der Waals surface area contributed by atoms with Gasteiger partial charge in [-0.25, -0.2) is 0 Å². The SMILES string of the molecule is CCC(C)[B-](c1ccc(OC)cc1)(c1ccc(OC)cc1)c1ccc(OC)cc1.C[S+](C)CC(=O)c1ccccc1. The minimum Gasteiger partial charge on any atom is -0.497 e. The zero-order valence-electron chi connectivity index (χ0n) is 25.4. The number of benzene rings is 4. The van der Waals surface area contributed by atoms with Crippen LogP contribution in [0.5, 0.6) is 17.2 Å². The van der Waals surface area contributed by atoms with Gasteiger partial charge in [-0.3, -0.25) is 4.79 Å². The zero-order valence-corrected chi connectivity index (χ0v) is 26.2. The summed E-state index contributed by atoms with van der Waals surface area (Å²) in [5.74, 6) is 3.95. The van der Waals surface area contributed by atoms with Crippen molar-refractivity contribution in [1.82, 2.24) is 0 Å². The highest BCUT2D eigenvalue weighted by atomic mass is 32.2. The Morgan fingerprint density at radius 1 is 0.659 bits per heavy atom. The number of ether oxygens (including phenoxy) is 3. The highest BCUT2D eigenvalue weighted by Gasteiger charge is 2.34. The quantitative estimate of drug-likeness (QED) is 0.131. The van der Waals surface area contributed by atoms with Crippen molar-refractivity contribution in [3.8, 4) is 17.2 Å². The van der Waals surface area contributed by atoms with Crippen molar-refractivity contribution in [3.05, 3.63) is 109 Å². The molecule has 0 radical (unpaired) electrons. The Morgan fingerprint density at radius 3 is 1.32 bits per heavy atom. The third-order valence-electron chi connectivity index (χ3n) is 7.94. The molecule has 4 aromatic carbocycles.